The van der Waals surface area contributed by atoms with Crippen LogP contribution < -0.4 is 9.64 Å². The smallest absolute Gasteiger partial charge is 0.343 e. The second-order valence-electron chi connectivity index (χ2n) is 7.11. The van der Waals surface area contributed by atoms with Crippen LogP contribution >= 0.6 is 11.6 Å². The minimum Gasteiger partial charge on any atom is -0.482 e. The van der Waals surface area contributed by atoms with Crippen molar-refractivity contribution in [3.05, 3.63) is 52.5 Å². The Morgan fingerprint density at radius 2 is 1.73 bits per heavy atom. The number of sulfonamides is 1. The van der Waals surface area contributed by atoms with E-state index in [1.165, 1.54) is 17.5 Å². The molecule has 0 amide bonds. The van der Waals surface area contributed by atoms with E-state index < -0.39 is 16.0 Å². The molecule has 1 aliphatic rings. The molecule has 0 spiro atoms. The number of halogens is 1. The summed E-state index contributed by atoms with van der Waals surface area (Å²) in [6, 6.07) is 10.4. The average molecular weight is 453 g/mol. The predicted octanol–water partition coefficient (Wildman–Crippen LogP) is 3.02. The summed E-state index contributed by atoms with van der Waals surface area (Å²) in [4.78, 5) is 13.6. The molecule has 1 fully saturated rings. The lowest BCUT2D eigenvalue weighted by molar-refractivity contribution is -0.142. The molecule has 1 aliphatic heterocycles. The Bertz CT molecular complexity index is 1030. The van der Waals surface area contributed by atoms with E-state index in [9.17, 15) is 13.2 Å². The molecule has 3 rings (SSSR count). The van der Waals surface area contributed by atoms with E-state index >= 15 is 0 Å². The van der Waals surface area contributed by atoms with Crippen LogP contribution in [0.1, 0.15) is 11.1 Å². The molecule has 162 valence electrons. The molecule has 2 aromatic rings. The van der Waals surface area contributed by atoms with Gasteiger partial charge in [-0.05, 0) is 55.3 Å². The first kappa shape index (κ1) is 22.4. The number of hydrogen-bond acceptors (Lipinski definition) is 6. The maximum absolute atomic E-state index is 13.1. The topological polar surface area (TPSA) is 76.1 Å². The summed E-state index contributed by atoms with van der Waals surface area (Å²) < 4.78 is 37.6. The lowest BCUT2D eigenvalue weighted by Gasteiger charge is -2.36. The zero-order valence-electron chi connectivity index (χ0n) is 17.2. The van der Waals surface area contributed by atoms with Crippen LogP contribution in [0.25, 0.3) is 0 Å². The van der Waals surface area contributed by atoms with Crippen molar-refractivity contribution in [2.75, 3.05) is 44.8 Å². The minimum atomic E-state index is -3.63. The number of carbonyl (C=O) groups is 1. The number of aryl methyl sites for hydroxylation is 2. The van der Waals surface area contributed by atoms with Gasteiger partial charge in [-0.2, -0.15) is 4.31 Å². The minimum absolute atomic E-state index is 0.206. The molecule has 1 saturated heterocycles. The van der Waals surface area contributed by atoms with Crippen LogP contribution in [0, 0.1) is 13.8 Å². The summed E-state index contributed by atoms with van der Waals surface area (Å²) in [5.41, 5.74) is 2.77. The zero-order chi connectivity index (χ0) is 21.9. The van der Waals surface area contributed by atoms with Crippen LogP contribution in [0.4, 0.5) is 5.69 Å². The number of hydrogen-bond donors (Lipinski definition) is 0. The molecular weight excluding hydrogens is 428 g/mol. The van der Waals surface area contributed by atoms with Gasteiger partial charge in [0.05, 0.1) is 12.0 Å². The first-order chi connectivity index (χ1) is 14.2. The maximum Gasteiger partial charge on any atom is 0.343 e. The highest BCUT2D eigenvalue weighted by molar-refractivity contribution is 7.89. The third-order valence-corrected chi connectivity index (χ3v) is 7.24. The molecule has 0 aliphatic carbocycles. The lowest BCUT2D eigenvalue weighted by atomic mass is 10.1. The van der Waals surface area contributed by atoms with Gasteiger partial charge in [-0.25, -0.2) is 13.2 Å². The second kappa shape index (κ2) is 9.24. The average Bonchev–Trinajstić information content (AvgIpc) is 2.74. The van der Waals surface area contributed by atoms with E-state index in [4.69, 9.17) is 16.3 Å². The molecule has 0 unspecified atom stereocenters. The van der Waals surface area contributed by atoms with E-state index in [-0.39, 0.29) is 11.5 Å². The molecular formula is C21H25ClN2O5S. The van der Waals surface area contributed by atoms with Crippen molar-refractivity contribution in [3.63, 3.8) is 0 Å². The molecule has 7 nitrogen and oxygen atoms in total. The number of benzene rings is 2. The number of nitrogens with zero attached hydrogens (tertiary/aromatic N) is 2. The zero-order valence-corrected chi connectivity index (χ0v) is 18.8. The van der Waals surface area contributed by atoms with Crippen LogP contribution in [0.5, 0.6) is 5.75 Å². The summed E-state index contributed by atoms with van der Waals surface area (Å²) in [5, 5.41) is 0.663. The number of rotatable bonds is 6. The highest BCUT2D eigenvalue weighted by atomic mass is 35.5. The highest BCUT2D eigenvalue weighted by Crippen LogP contribution is 2.28. The highest BCUT2D eigenvalue weighted by Gasteiger charge is 2.29. The Labute approximate surface area is 182 Å². The molecule has 9 heteroatoms. The fraction of sp³-hybridized carbons (Fsp3) is 0.381. The van der Waals surface area contributed by atoms with Crippen molar-refractivity contribution < 1.29 is 22.7 Å². The first-order valence-corrected chi connectivity index (χ1v) is 11.4. The Hall–Kier alpha value is -2.29. The van der Waals surface area contributed by atoms with Gasteiger partial charge in [-0.1, -0.05) is 17.7 Å². The molecule has 1 heterocycles. The molecule has 0 N–H and O–H groups in total. The summed E-state index contributed by atoms with van der Waals surface area (Å²) in [6.45, 7) is 5.46. The van der Waals surface area contributed by atoms with E-state index in [1.807, 2.05) is 25.1 Å². The van der Waals surface area contributed by atoms with E-state index in [2.05, 4.69) is 9.64 Å². The van der Waals surface area contributed by atoms with Crippen molar-refractivity contribution in [1.29, 1.82) is 0 Å². The van der Waals surface area contributed by atoms with Crippen molar-refractivity contribution >= 4 is 33.3 Å². The number of esters is 1. The SMILES string of the molecule is COC(=O)COc1ccc(S(=O)(=O)N2CCN(c3cc(Cl)ccc3C)CC2)cc1C. The molecule has 0 atom stereocenters. The quantitative estimate of drug-likeness (QED) is 0.627. The third-order valence-electron chi connectivity index (χ3n) is 5.11. The summed E-state index contributed by atoms with van der Waals surface area (Å²) in [6.07, 6.45) is 0. The standard InChI is InChI=1S/C21H25ClN2O5S/c1-15-4-5-17(22)13-19(15)23-8-10-24(11-9-23)30(26,27)18-6-7-20(16(2)12-18)29-14-21(25)28-3/h4-7,12-13H,8-11,14H2,1-3H3. The predicted molar refractivity (Wildman–Crippen MR) is 116 cm³/mol. The van der Waals surface area contributed by atoms with Gasteiger partial charge in [0.2, 0.25) is 10.0 Å². The van der Waals surface area contributed by atoms with Gasteiger partial charge >= 0.3 is 5.97 Å². The van der Waals surface area contributed by atoms with Gasteiger partial charge in [0.1, 0.15) is 5.75 Å². The molecule has 2 aromatic carbocycles. The summed E-state index contributed by atoms with van der Waals surface area (Å²) >= 11 is 6.12. The van der Waals surface area contributed by atoms with Crippen LogP contribution in [-0.4, -0.2) is 58.6 Å². The molecule has 0 radical (unpaired) electrons. The molecule has 0 aromatic heterocycles. The molecule has 0 saturated carbocycles. The van der Waals surface area contributed by atoms with Crippen LogP contribution in [0.2, 0.25) is 5.02 Å². The molecule has 30 heavy (non-hydrogen) atoms. The van der Waals surface area contributed by atoms with Gasteiger partial charge in [0, 0.05) is 36.9 Å². The van der Waals surface area contributed by atoms with Gasteiger partial charge < -0.3 is 14.4 Å². The van der Waals surface area contributed by atoms with Gasteiger partial charge in [-0.15, -0.1) is 0 Å². The Balaban J connectivity index is 1.70. The van der Waals surface area contributed by atoms with E-state index in [1.54, 1.807) is 19.1 Å². The van der Waals surface area contributed by atoms with Crippen LogP contribution in [0.3, 0.4) is 0 Å². The second-order valence-corrected chi connectivity index (χ2v) is 9.49. The number of methoxy groups -OCH3 is 1. The van der Waals surface area contributed by atoms with Crippen molar-refractivity contribution in [2.24, 2.45) is 0 Å². The first-order valence-electron chi connectivity index (χ1n) is 9.54. The number of piperazine rings is 1. The van der Waals surface area contributed by atoms with E-state index in [0.29, 0.717) is 42.5 Å². The monoisotopic (exact) mass is 452 g/mol. The fourth-order valence-corrected chi connectivity index (χ4v) is 5.06. The van der Waals surface area contributed by atoms with Crippen molar-refractivity contribution in [1.82, 2.24) is 4.31 Å². The van der Waals surface area contributed by atoms with Crippen molar-refractivity contribution in [3.8, 4) is 5.75 Å². The van der Waals surface area contributed by atoms with Crippen molar-refractivity contribution in [2.45, 2.75) is 18.7 Å². The Morgan fingerprint density at radius 3 is 2.37 bits per heavy atom. The summed E-state index contributed by atoms with van der Waals surface area (Å²) in [7, 11) is -2.35. The number of anilines is 1. The maximum atomic E-state index is 13.1. The Kier molecular flexibility index (Phi) is 6.90. The summed E-state index contributed by atoms with van der Waals surface area (Å²) in [5.74, 6) is -0.0560. The Morgan fingerprint density at radius 1 is 1.03 bits per heavy atom. The van der Waals surface area contributed by atoms with Gasteiger partial charge in [0.25, 0.3) is 0 Å². The van der Waals surface area contributed by atoms with Gasteiger partial charge in [0.15, 0.2) is 6.61 Å². The largest absolute Gasteiger partial charge is 0.482 e. The normalized spacial score (nSPS) is 15.1. The number of carbonyl (C=O) groups excluding carboxylic acids is 1. The van der Waals surface area contributed by atoms with Crippen LogP contribution in [-0.2, 0) is 19.6 Å². The molecule has 0 bridgehead atoms. The van der Waals surface area contributed by atoms with E-state index in [0.717, 1.165) is 11.3 Å². The van der Waals surface area contributed by atoms with Gasteiger partial charge in [-0.3, -0.25) is 0 Å². The fourth-order valence-electron chi connectivity index (χ4n) is 3.38. The third kappa shape index (κ3) is 4.88. The van der Waals surface area contributed by atoms with Crippen LogP contribution in [0.15, 0.2) is 41.3 Å². The lowest BCUT2D eigenvalue weighted by Crippen LogP contribution is -2.48. The number of ether oxygens (including phenoxy) is 2.